The summed E-state index contributed by atoms with van der Waals surface area (Å²) in [5, 5.41) is 20.6. The quantitative estimate of drug-likeness (QED) is 0.501. The fourth-order valence-electron chi connectivity index (χ4n) is 3.10. The number of carbonyl (C=O) groups excluding carboxylic acids is 2. The third kappa shape index (κ3) is 2.81. The largest absolute Gasteiger partial charge is 0.481 e. The second kappa shape index (κ2) is 6.40. The van der Waals surface area contributed by atoms with Gasteiger partial charge >= 0.3 is 5.97 Å². The molecular formula is C18H14N2O6. The number of hydrogen-bond acceptors (Lipinski definition) is 5. The van der Waals surface area contributed by atoms with Crippen molar-refractivity contribution in [2.24, 2.45) is 0 Å². The van der Waals surface area contributed by atoms with E-state index in [0.717, 1.165) is 10.5 Å². The Bertz CT molecular complexity index is 952. The number of carbonyl (C=O) groups is 3. The van der Waals surface area contributed by atoms with Gasteiger partial charge in [0.2, 0.25) is 0 Å². The first kappa shape index (κ1) is 17.3. The molecular weight excluding hydrogens is 340 g/mol. The minimum Gasteiger partial charge on any atom is -0.481 e. The molecule has 1 unspecified atom stereocenters. The molecule has 1 N–H and O–H groups in total. The van der Waals surface area contributed by atoms with Crippen LogP contribution in [0.5, 0.6) is 0 Å². The molecule has 1 aliphatic heterocycles. The van der Waals surface area contributed by atoms with Crippen molar-refractivity contribution in [3.63, 3.8) is 0 Å². The Morgan fingerprint density at radius 2 is 1.81 bits per heavy atom. The summed E-state index contributed by atoms with van der Waals surface area (Å²) in [5.74, 6) is -2.59. The smallest absolute Gasteiger partial charge is 0.305 e. The van der Waals surface area contributed by atoms with E-state index in [4.69, 9.17) is 0 Å². The lowest BCUT2D eigenvalue weighted by molar-refractivity contribution is -0.385. The number of para-hydroxylation sites is 1. The van der Waals surface area contributed by atoms with E-state index in [-0.39, 0.29) is 22.4 Å². The fraction of sp³-hybridized carbons (Fsp3) is 0.167. The molecule has 2 aromatic carbocycles. The SMILES string of the molecule is Cc1ccc2c(c1)C(=O)N(C(CC(=O)O)c1ccccc1[N+](=O)[O-])C2=O. The zero-order chi connectivity index (χ0) is 19.0. The number of carboxylic acids is 1. The van der Waals surface area contributed by atoms with Crippen LogP contribution >= 0.6 is 0 Å². The van der Waals surface area contributed by atoms with E-state index < -0.39 is 35.2 Å². The molecule has 2 amide bonds. The lowest BCUT2D eigenvalue weighted by Gasteiger charge is -2.25. The van der Waals surface area contributed by atoms with E-state index in [1.54, 1.807) is 19.1 Å². The summed E-state index contributed by atoms with van der Waals surface area (Å²) in [6, 6.07) is 8.96. The highest BCUT2D eigenvalue weighted by atomic mass is 16.6. The number of aliphatic carboxylic acids is 1. The molecule has 0 aliphatic carbocycles. The lowest BCUT2D eigenvalue weighted by atomic mass is 10.00. The third-order valence-corrected chi connectivity index (χ3v) is 4.25. The number of fused-ring (bicyclic) bond motifs is 1. The van der Waals surface area contributed by atoms with Gasteiger partial charge in [0.1, 0.15) is 0 Å². The van der Waals surface area contributed by atoms with E-state index in [0.29, 0.717) is 0 Å². The first-order valence-corrected chi connectivity index (χ1v) is 7.75. The number of amides is 2. The minimum atomic E-state index is -1.28. The van der Waals surface area contributed by atoms with Gasteiger partial charge in [0.25, 0.3) is 17.5 Å². The van der Waals surface area contributed by atoms with Crippen molar-refractivity contribution < 1.29 is 24.4 Å². The van der Waals surface area contributed by atoms with Crippen molar-refractivity contribution >= 4 is 23.5 Å². The molecule has 1 heterocycles. The molecule has 0 radical (unpaired) electrons. The standard InChI is InChI=1S/C18H14N2O6/c1-10-6-7-11-13(8-10)18(24)19(17(11)23)15(9-16(21)22)12-4-2-3-5-14(12)20(25)26/h2-8,15H,9H2,1H3,(H,21,22). The molecule has 1 atom stereocenters. The summed E-state index contributed by atoms with van der Waals surface area (Å²) >= 11 is 0. The Hall–Kier alpha value is -3.55. The minimum absolute atomic E-state index is 0.00567. The van der Waals surface area contributed by atoms with Crippen LogP contribution in [0, 0.1) is 17.0 Å². The molecule has 0 aromatic heterocycles. The molecule has 0 spiro atoms. The van der Waals surface area contributed by atoms with Gasteiger partial charge in [0.15, 0.2) is 0 Å². The van der Waals surface area contributed by atoms with E-state index in [1.807, 2.05) is 0 Å². The predicted octanol–water partition coefficient (Wildman–Crippen LogP) is 2.72. The maximum atomic E-state index is 12.8. The second-order valence-corrected chi connectivity index (χ2v) is 5.96. The van der Waals surface area contributed by atoms with Crippen molar-refractivity contribution in [2.45, 2.75) is 19.4 Å². The second-order valence-electron chi connectivity index (χ2n) is 5.96. The van der Waals surface area contributed by atoms with Crippen LogP contribution in [-0.4, -0.2) is 32.7 Å². The van der Waals surface area contributed by atoms with Crippen LogP contribution in [0.25, 0.3) is 0 Å². The van der Waals surface area contributed by atoms with Crippen LogP contribution in [0.3, 0.4) is 0 Å². The molecule has 8 nitrogen and oxygen atoms in total. The summed E-state index contributed by atoms with van der Waals surface area (Å²) in [4.78, 5) is 48.3. The van der Waals surface area contributed by atoms with Crippen LogP contribution in [0.15, 0.2) is 42.5 Å². The van der Waals surface area contributed by atoms with Gasteiger partial charge in [-0.25, -0.2) is 0 Å². The Morgan fingerprint density at radius 1 is 1.15 bits per heavy atom. The highest BCUT2D eigenvalue weighted by molar-refractivity contribution is 6.21. The first-order valence-electron chi connectivity index (χ1n) is 7.75. The molecule has 0 bridgehead atoms. The molecule has 0 saturated carbocycles. The number of imide groups is 1. The van der Waals surface area contributed by atoms with Crippen LogP contribution in [0.4, 0.5) is 5.69 Å². The molecule has 132 valence electrons. The fourth-order valence-corrected chi connectivity index (χ4v) is 3.10. The van der Waals surface area contributed by atoms with Crippen molar-refractivity contribution in [3.05, 3.63) is 74.8 Å². The highest BCUT2D eigenvalue weighted by Crippen LogP contribution is 2.37. The number of rotatable bonds is 5. The Morgan fingerprint density at radius 3 is 2.46 bits per heavy atom. The van der Waals surface area contributed by atoms with Crippen LogP contribution in [-0.2, 0) is 4.79 Å². The Balaban J connectivity index is 2.14. The first-order chi connectivity index (χ1) is 12.3. The number of nitro benzene ring substituents is 1. The van der Waals surface area contributed by atoms with Crippen LogP contribution in [0.2, 0.25) is 0 Å². The summed E-state index contributed by atoms with van der Waals surface area (Å²) in [5.41, 5.74) is 0.767. The number of benzene rings is 2. The molecule has 0 fully saturated rings. The average Bonchev–Trinajstić information content (AvgIpc) is 2.83. The van der Waals surface area contributed by atoms with Gasteiger partial charge in [-0.1, -0.05) is 29.8 Å². The van der Waals surface area contributed by atoms with Crippen molar-refractivity contribution in [1.82, 2.24) is 4.90 Å². The average molecular weight is 354 g/mol. The van der Waals surface area contributed by atoms with Gasteiger partial charge in [-0.05, 0) is 19.1 Å². The van der Waals surface area contributed by atoms with Gasteiger partial charge in [0.05, 0.1) is 34.1 Å². The maximum absolute atomic E-state index is 12.8. The van der Waals surface area contributed by atoms with E-state index in [2.05, 4.69) is 0 Å². The third-order valence-electron chi connectivity index (χ3n) is 4.25. The van der Waals surface area contributed by atoms with Crippen molar-refractivity contribution in [2.75, 3.05) is 0 Å². The van der Waals surface area contributed by atoms with Gasteiger partial charge in [-0.3, -0.25) is 29.4 Å². The maximum Gasteiger partial charge on any atom is 0.305 e. The summed E-state index contributed by atoms with van der Waals surface area (Å²) < 4.78 is 0. The highest BCUT2D eigenvalue weighted by Gasteiger charge is 2.43. The molecule has 26 heavy (non-hydrogen) atoms. The molecule has 8 heteroatoms. The van der Waals surface area contributed by atoms with Gasteiger partial charge in [0, 0.05) is 6.07 Å². The zero-order valence-corrected chi connectivity index (χ0v) is 13.7. The van der Waals surface area contributed by atoms with Gasteiger partial charge in [-0.2, -0.15) is 0 Å². The monoisotopic (exact) mass is 354 g/mol. The normalized spacial score (nSPS) is 14.3. The molecule has 0 saturated heterocycles. The Kier molecular flexibility index (Phi) is 4.25. The van der Waals surface area contributed by atoms with E-state index >= 15 is 0 Å². The predicted molar refractivity (Wildman–Crippen MR) is 89.8 cm³/mol. The van der Waals surface area contributed by atoms with Crippen LogP contribution in [0.1, 0.15) is 44.3 Å². The Labute approximate surface area is 147 Å². The van der Waals surface area contributed by atoms with Gasteiger partial charge in [-0.15, -0.1) is 0 Å². The van der Waals surface area contributed by atoms with Gasteiger partial charge < -0.3 is 5.11 Å². The number of carboxylic acid groups (broad SMARTS) is 1. The number of aryl methyl sites for hydroxylation is 1. The summed E-state index contributed by atoms with van der Waals surface area (Å²) in [7, 11) is 0. The molecule has 3 rings (SSSR count). The number of nitrogens with zero attached hydrogens (tertiary/aromatic N) is 2. The lowest BCUT2D eigenvalue weighted by Crippen LogP contribution is -2.35. The summed E-state index contributed by atoms with van der Waals surface area (Å²) in [6.45, 7) is 1.76. The summed E-state index contributed by atoms with van der Waals surface area (Å²) in [6.07, 6.45) is -0.630. The molecule has 2 aromatic rings. The number of hydrogen-bond donors (Lipinski definition) is 1. The zero-order valence-electron chi connectivity index (χ0n) is 13.7. The topological polar surface area (TPSA) is 118 Å². The molecule has 1 aliphatic rings. The van der Waals surface area contributed by atoms with Crippen molar-refractivity contribution in [1.29, 1.82) is 0 Å². The van der Waals surface area contributed by atoms with Crippen molar-refractivity contribution in [3.8, 4) is 0 Å². The van der Waals surface area contributed by atoms with Crippen LogP contribution < -0.4 is 0 Å². The van der Waals surface area contributed by atoms with E-state index in [1.165, 1.54) is 30.3 Å². The van der Waals surface area contributed by atoms with E-state index in [9.17, 15) is 29.6 Å². The number of nitro groups is 1.